The standard InChI is InChI=1S/C18H30N4O3/c1-3-16-19-15(20-25-16)12-21-9-4-7-18(13-21)8-6-17(23)22(14-18)10-5-11-24-2/h3-14H2,1-2H3/t18-/m1/s1. The molecule has 0 radical (unpaired) electrons. The average molecular weight is 350 g/mol. The van der Waals surface area contributed by atoms with Gasteiger partial charge in [-0.05, 0) is 32.2 Å². The minimum Gasteiger partial charge on any atom is -0.385 e. The van der Waals surface area contributed by atoms with Gasteiger partial charge in [0.25, 0.3) is 0 Å². The quantitative estimate of drug-likeness (QED) is 0.699. The van der Waals surface area contributed by atoms with Gasteiger partial charge in [0.15, 0.2) is 5.82 Å². The molecule has 2 aliphatic heterocycles. The van der Waals surface area contributed by atoms with Crippen molar-refractivity contribution < 1.29 is 14.1 Å². The Balaban J connectivity index is 1.59. The summed E-state index contributed by atoms with van der Waals surface area (Å²) >= 11 is 0. The van der Waals surface area contributed by atoms with Crippen molar-refractivity contribution >= 4 is 5.91 Å². The molecule has 2 aliphatic rings. The normalized spacial score (nSPS) is 25.0. The van der Waals surface area contributed by atoms with Gasteiger partial charge in [0.2, 0.25) is 11.8 Å². The lowest BCUT2D eigenvalue weighted by Crippen LogP contribution is -2.54. The number of ether oxygens (including phenoxy) is 1. The fourth-order valence-electron chi connectivity index (χ4n) is 4.18. The van der Waals surface area contributed by atoms with Gasteiger partial charge in [-0.25, -0.2) is 0 Å². The number of amides is 1. The van der Waals surface area contributed by atoms with Crippen LogP contribution in [0.2, 0.25) is 0 Å². The molecule has 0 N–H and O–H groups in total. The number of piperidine rings is 2. The molecule has 1 amide bonds. The number of hydrogen-bond donors (Lipinski definition) is 0. The molecule has 1 spiro atoms. The van der Waals surface area contributed by atoms with Crippen molar-refractivity contribution in [3.05, 3.63) is 11.7 Å². The van der Waals surface area contributed by atoms with E-state index in [-0.39, 0.29) is 5.41 Å². The van der Waals surface area contributed by atoms with E-state index in [1.54, 1.807) is 7.11 Å². The number of aryl methyl sites for hydroxylation is 1. The van der Waals surface area contributed by atoms with Crippen molar-refractivity contribution in [2.75, 3.05) is 39.9 Å². The number of aromatic nitrogens is 2. The van der Waals surface area contributed by atoms with E-state index in [2.05, 4.69) is 19.9 Å². The van der Waals surface area contributed by atoms with Gasteiger partial charge in [0.05, 0.1) is 6.54 Å². The Hall–Kier alpha value is -1.47. The van der Waals surface area contributed by atoms with E-state index >= 15 is 0 Å². The molecule has 1 aromatic rings. The lowest BCUT2D eigenvalue weighted by molar-refractivity contribution is -0.139. The summed E-state index contributed by atoms with van der Waals surface area (Å²) in [6, 6.07) is 0. The maximum absolute atomic E-state index is 12.3. The van der Waals surface area contributed by atoms with Gasteiger partial charge in [-0.15, -0.1) is 0 Å². The summed E-state index contributed by atoms with van der Waals surface area (Å²) in [6.45, 7) is 7.22. The lowest BCUT2D eigenvalue weighted by Gasteiger charge is -2.48. The summed E-state index contributed by atoms with van der Waals surface area (Å²) in [7, 11) is 1.71. The molecule has 0 unspecified atom stereocenters. The highest BCUT2D eigenvalue weighted by molar-refractivity contribution is 5.77. The molecule has 2 fully saturated rings. The summed E-state index contributed by atoms with van der Waals surface area (Å²) < 4.78 is 10.4. The van der Waals surface area contributed by atoms with Crippen LogP contribution in [0.4, 0.5) is 0 Å². The molecule has 25 heavy (non-hydrogen) atoms. The average Bonchev–Trinajstić information content (AvgIpc) is 3.06. The van der Waals surface area contributed by atoms with Crippen molar-refractivity contribution in [3.63, 3.8) is 0 Å². The number of methoxy groups -OCH3 is 1. The van der Waals surface area contributed by atoms with Crippen molar-refractivity contribution in [1.82, 2.24) is 19.9 Å². The molecule has 1 aromatic heterocycles. The Morgan fingerprint density at radius 3 is 2.96 bits per heavy atom. The van der Waals surface area contributed by atoms with E-state index in [1.165, 1.54) is 12.8 Å². The number of likely N-dealkylation sites (tertiary alicyclic amines) is 2. The van der Waals surface area contributed by atoms with E-state index in [4.69, 9.17) is 9.26 Å². The fraction of sp³-hybridized carbons (Fsp3) is 0.833. The molecule has 7 heteroatoms. The molecule has 7 nitrogen and oxygen atoms in total. The Bertz CT molecular complexity index is 576. The summed E-state index contributed by atoms with van der Waals surface area (Å²) in [6.07, 6.45) is 5.71. The molecule has 0 aliphatic carbocycles. The van der Waals surface area contributed by atoms with Crippen molar-refractivity contribution in [2.24, 2.45) is 5.41 Å². The smallest absolute Gasteiger partial charge is 0.226 e. The van der Waals surface area contributed by atoms with Crippen molar-refractivity contribution in [3.8, 4) is 0 Å². The molecule has 0 aromatic carbocycles. The highest BCUT2D eigenvalue weighted by Crippen LogP contribution is 2.39. The monoisotopic (exact) mass is 350 g/mol. The third-order valence-electron chi connectivity index (χ3n) is 5.44. The first-order valence-corrected chi connectivity index (χ1v) is 9.45. The number of rotatable bonds is 7. The topological polar surface area (TPSA) is 71.7 Å². The maximum atomic E-state index is 12.3. The Kier molecular flexibility index (Phi) is 6.06. The van der Waals surface area contributed by atoms with Gasteiger partial charge in [-0.2, -0.15) is 4.98 Å². The van der Waals surface area contributed by atoms with E-state index in [0.717, 1.165) is 57.8 Å². The molecule has 2 saturated heterocycles. The predicted molar refractivity (Wildman–Crippen MR) is 92.9 cm³/mol. The highest BCUT2D eigenvalue weighted by atomic mass is 16.5. The van der Waals surface area contributed by atoms with E-state index < -0.39 is 0 Å². The van der Waals surface area contributed by atoms with Gasteiger partial charge >= 0.3 is 0 Å². The van der Waals surface area contributed by atoms with Crippen LogP contribution in [-0.4, -0.2) is 65.7 Å². The van der Waals surface area contributed by atoms with Crippen LogP contribution < -0.4 is 0 Å². The third kappa shape index (κ3) is 4.58. The maximum Gasteiger partial charge on any atom is 0.226 e. The minimum atomic E-state index is 0.219. The zero-order valence-electron chi connectivity index (χ0n) is 15.5. The van der Waals surface area contributed by atoms with Gasteiger partial charge in [0.1, 0.15) is 0 Å². The molecule has 3 rings (SSSR count). The number of hydrogen-bond acceptors (Lipinski definition) is 6. The fourth-order valence-corrected chi connectivity index (χ4v) is 4.18. The molecular formula is C18H30N4O3. The van der Waals surface area contributed by atoms with Crippen LogP contribution in [0.1, 0.15) is 50.7 Å². The zero-order chi connectivity index (χ0) is 17.7. The lowest BCUT2D eigenvalue weighted by atomic mass is 9.73. The Labute approximate surface area is 149 Å². The molecule has 140 valence electrons. The van der Waals surface area contributed by atoms with E-state index in [0.29, 0.717) is 24.8 Å². The molecule has 0 saturated carbocycles. The second-order valence-electron chi connectivity index (χ2n) is 7.43. The summed E-state index contributed by atoms with van der Waals surface area (Å²) in [5, 5.41) is 4.09. The van der Waals surface area contributed by atoms with Gasteiger partial charge < -0.3 is 14.2 Å². The Morgan fingerprint density at radius 1 is 1.32 bits per heavy atom. The molecule has 1 atom stereocenters. The van der Waals surface area contributed by atoms with Gasteiger partial charge in [0, 0.05) is 51.6 Å². The van der Waals surface area contributed by atoms with Crippen LogP contribution in [0.25, 0.3) is 0 Å². The van der Waals surface area contributed by atoms with Crippen molar-refractivity contribution in [1.29, 1.82) is 0 Å². The second-order valence-corrected chi connectivity index (χ2v) is 7.43. The van der Waals surface area contributed by atoms with E-state index in [1.807, 2.05) is 6.92 Å². The number of nitrogens with zero attached hydrogens (tertiary/aromatic N) is 4. The van der Waals surface area contributed by atoms with Crippen LogP contribution in [0, 0.1) is 5.41 Å². The summed E-state index contributed by atoms with van der Waals surface area (Å²) in [5.74, 6) is 1.77. The van der Waals surface area contributed by atoms with E-state index in [9.17, 15) is 4.79 Å². The first kappa shape index (κ1) is 18.3. The predicted octanol–water partition coefficient (Wildman–Crippen LogP) is 1.87. The molecule has 0 bridgehead atoms. The van der Waals surface area contributed by atoms with Crippen LogP contribution in [0.5, 0.6) is 0 Å². The largest absolute Gasteiger partial charge is 0.385 e. The first-order valence-electron chi connectivity index (χ1n) is 9.45. The van der Waals surface area contributed by atoms with Gasteiger partial charge in [-0.1, -0.05) is 12.1 Å². The third-order valence-corrected chi connectivity index (χ3v) is 5.44. The summed E-state index contributed by atoms with van der Waals surface area (Å²) in [5.41, 5.74) is 0.219. The molecular weight excluding hydrogens is 320 g/mol. The highest BCUT2D eigenvalue weighted by Gasteiger charge is 2.41. The first-order chi connectivity index (χ1) is 12.1. The molecule has 3 heterocycles. The SMILES string of the molecule is CCc1nc(CN2CCC[C@@]3(CCC(=O)N(CCCOC)C3)C2)no1. The number of carbonyl (C=O) groups excluding carboxylic acids is 1. The zero-order valence-corrected chi connectivity index (χ0v) is 15.5. The summed E-state index contributed by atoms with van der Waals surface area (Å²) in [4.78, 5) is 21.2. The second kappa shape index (κ2) is 8.27. The van der Waals surface area contributed by atoms with Crippen LogP contribution in [0.15, 0.2) is 4.52 Å². The van der Waals surface area contributed by atoms with Crippen molar-refractivity contribution in [2.45, 2.75) is 52.0 Å². The van der Waals surface area contributed by atoms with Crippen LogP contribution in [-0.2, 0) is 22.5 Å². The van der Waals surface area contributed by atoms with Crippen LogP contribution >= 0.6 is 0 Å². The van der Waals surface area contributed by atoms with Crippen LogP contribution in [0.3, 0.4) is 0 Å². The van der Waals surface area contributed by atoms with Gasteiger partial charge in [-0.3, -0.25) is 9.69 Å². The Morgan fingerprint density at radius 2 is 2.20 bits per heavy atom. The number of carbonyl (C=O) groups is 1. The minimum absolute atomic E-state index is 0.219.